The molecule has 1 amide bonds. The Morgan fingerprint density at radius 3 is 2.87 bits per heavy atom. The number of carbonyl (C=O) groups excluding carboxylic acids is 1. The van der Waals surface area contributed by atoms with Crippen LogP contribution in [0.4, 0.5) is 13.2 Å². The van der Waals surface area contributed by atoms with Crippen LogP contribution in [0.2, 0.25) is 0 Å². The Kier molecular flexibility index (Phi) is 4.09. The fraction of sp³-hybridized carbons (Fsp3) is 0.368. The van der Waals surface area contributed by atoms with Crippen LogP contribution in [0.5, 0.6) is 5.75 Å². The molecular weight excluding hydrogens is 401 g/mol. The van der Waals surface area contributed by atoms with E-state index >= 15 is 0 Å². The largest absolute Gasteiger partial charge is 0.491 e. The van der Waals surface area contributed by atoms with Crippen LogP contribution >= 0.6 is 0 Å². The maximum Gasteiger partial charge on any atom is 0.408 e. The summed E-state index contributed by atoms with van der Waals surface area (Å²) in [5.41, 5.74) is 7.39. The predicted octanol–water partition coefficient (Wildman–Crippen LogP) is 2.35. The van der Waals surface area contributed by atoms with Crippen LogP contribution < -0.4 is 10.5 Å². The fourth-order valence-corrected chi connectivity index (χ4v) is 3.86. The number of benzene rings is 1. The minimum absolute atomic E-state index is 0.0502. The first-order chi connectivity index (χ1) is 14.3. The molecule has 2 N–H and O–H groups in total. The van der Waals surface area contributed by atoms with Crippen LogP contribution in [-0.2, 0) is 17.9 Å². The molecule has 1 aliphatic heterocycles. The quantitative estimate of drug-likeness (QED) is 0.701. The molecule has 0 bridgehead atoms. The number of alkyl halides is 3. The molecule has 0 radical (unpaired) electrons. The molecule has 3 heterocycles. The van der Waals surface area contributed by atoms with E-state index < -0.39 is 12.7 Å². The number of imidazole rings is 1. The van der Waals surface area contributed by atoms with Gasteiger partial charge in [0.2, 0.25) is 5.91 Å². The highest BCUT2D eigenvalue weighted by Gasteiger charge is 2.43. The molecule has 2 aliphatic rings. The molecule has 3 aromatic rings. The molecule has 1 fully saturated rings. The SMILES string of the molecule is NC(=O)C1CC1c1ccc2c(c1)OCCn1cc(-c3ncnn3CC(F)(F)F)nc1-2. The van der Waals surface area contributed by atoms with Gasteiger partial charge in [0, 0.05) is 12.1 Å². The Bertz CT molecular complexity index is 1140. The van der Waals surface area contributed by atoms with E-state index in [-0.39, 0.29) is 23.6 Å². The van der Waals surface area contributed by atoms with Crippen molar-refractivity contribution in [2.24, 2.45) is 11.7 Å². The van der Waals surface area contributed by atoms with Gasteiger partial charge in [0.05, 0.1) is 12.1 Å². The van der Waals surface area contributed by atoms with Crippen LogP contribution in [0.1, 0.15) is 17.9 Å². The van der Waals surface area contributed by atoms with Crippen molar-refractivity contribution in [2.75, 3.05) is 6.61 Å². The molecule has 30 heavy (non-hydrogen) atoms. The highest BCUT2D eigenvalue weighted by atomic mass is 19.4. The number of ether oxygens (including phenoxy) is 1. The Morgan fingerprint density at radius 1 is 1.30 bits per heavy atom. The molecule has 1 saturated carbocycles. The smallest absolute Gasteiger partial charge is 0.408 e. The van der Waals surface area contributed by atoms with Crippen molar-refractivity contribution in [3.05, 3.63) is 36.3 Å². The van der Waals surface area contributed by atoms with E-state index in [0.717, 1.165) is 28.6 Å². The molecule has 8 nitrogen and oxygen atoms in total. The number of carbonyl (C=O) groups is 1. The van der Waals surface area contributed by atoms with Crippen molar-refractivity contribution in [2.45, 2.75) is 31.6 Å². The van der Waals surface area contributed by atoms with Crippen molar-refractivity contribution >= 4 is 5.91 Å². The summed E-state index contributed by atoms with van der Waals surface area (Å²) in [5, 5.41) is 3.68. The van der Waals surface area contributed by atoms with Gasteiger partial charge in [0.15, 0.2) is 5.82 Å². The van der Waals surface area contributed by atoms with E-state index in [0.29, 0.717) is 30.4 Å². The van der Waals surface area contributed by atoms with E-state index in [1.54, 1.807) is 6.20 Å². The molecule has 2 aromatic heterocycles. The molecule has 0 saturated heterocycles. The van der Waals surface area contributed by atoms with Gasteiger partial charge in [0.1, 0.15) is 36.7 Å². The van der Waals surface area contributed by atoms with Gasteiger partial charge in [-0.2, -0.15) is 18.3 Å². The molecular formula is C19H17F3N6O2. The van der Waals surface area contributed by atoms with E-state index in [2.05, 4.69) is 15.1 Å². The maximum absolute atomic E-state index is 12.8. The van der Waals surface area contributed by atoms with Gasteiger partial charge in [-0.15, -0.1) is 0 Å². The Morgan fingerprint density at radius 2 is 2.13 bits per heavy atom. The number of nitrogens with zero attached hydrogens (tertiary/aromatic N) is 5. The van der Waals surface area contributed by atoms with Crippen LogP contribution in [0.25, 0.3) is 22.9 Å². The zero-order chi connectivity index (χ0) is 21.0. The highest BCUT2D eigenvalue weighted by molar-refractivity contribution is 5.81. The minimum Gasteiger partial charge on any atom is -0.491 e. The normalized spacial score (nSPS) is 20.1. The first-order valence-corrected chi connectivity index (χ1v) is 9.39. The van der Waals surface area contributed by atoms with Crippen LogP contribution in [0.3, 0.4) is 0 Å². The van der Waals surface area contributed by atoms with E-state index in [1.165, 1.54) is 0 Å². The van der Waals surface area contributed by atoms with Crippen LogP contribution in [0, 0.1) is 5.92 Å². The number of aromatic nitrogens is 5. The van der Waals surface area contributed by atoms with Gasteiger partial charge in [-0.1, -0.05) is 6.07 Å². The standard InChI is InChI=1S/C19H17F3N6O2/c20-19(21,22)8-28-18(24-9-25-28)14-7-27-3-4-30-15-5-10(12-6-13(12)16(23)29)1-2-11(15)17(27)26-14/h1-2,5,7,9,12-13H,3-4,6,8H2,(H2,23,29). The van der Waals surface area contributed by atoms with Crippen LogP contribution in [-0.4, -0.2) is 43.0 Å². The molecule has 2 unspecified atom stereocenters. The van der Waals surface area contributed by atoms with Crippen molar-refractivity contribution in [3.63, 3.8) is 0 Å². The van der Waals surface area contributed by atoms with Crippen molar-refractivity contribution in [1.82, 2.24) is 24.3 Å². The Hall–Kier alpha value is -3.37. The molecule has 2 atom stereocenters. The molecule has 156 valence electrons. The summed E-state index contributed by atoms with van der Waals surface area (Å²) in [5.74, 6) is 0.884. The molecule has 11 heteroatoms. The third-order valence-electron chi connectivity index (χ3n) is 5.37. The summed E-state index contributed by atoms with van der Waals surface area (Å²) in [7, 11) is 0. The molecule has 1 aliphatic carbocycles. The summed E-state index contributed by atoms with van der Waals surface area (Å²) >= 11 is 0. The lowest BCUT2D eigenvalue weighted by molar-refractivity contribution is -0.142. The van der Waals surface area contributed by atoms with Crippen molar-refractivity contribution < 1.29 is 22.7 Å². The van der Waals surface area contributed by atoms with Gasteiger partial charge in [-0.05, 0) is 30.0 Å². The number of fused-ring (bicyclic) bond motifs is 3. The van der Waals surface area contributed by atoms with Crippen molar-refractivity contribution in [1.29, 1.82) is 0 Å². The monoisotopic (exact) mass is 418 g/mol. The van der Waals surface area contributed by atoms with Gasteiger partial charge in [-0.3, -0.25) is 4.79 Å². The van der Waals surface area contributed by atoms with E-state index in [9.17, 15) is 18.0 Å². The lowest BCUT2D eigenvalue weighted by Crippen LogP contribution is -2.19. The Balaban J connectivity index is 1.50. The second-order valence-corrected chi connectivity index (χ2v) is 7.45. The summed E-state index contributed by atoms with van der Waals surface area (Å²) in [6, 6.07) is 5.65. The van der Waals surface area contributed by atoms with Crippen molar-refractivity contribution in [3.8, 4) is 28.7 Å². The van der Waals surface area contributed by atoms with E-state index in [4.69, 9.17) is 10.5 Å². The zero-order valence-corrected chi connectivity index (χ0v) is 15.6. The topological polar surface area (TPSA) is 101 Å². The number of halogens is 3. The lowest BCUT2D eigenvalue weighted by atomic mass is 10.0. The number of amides is 1. The average Bonchev–Trinajstić information content (AvgIpc) is 3.25. The summed E-state index contributed by atoms with van der Waals surface area (Å²) in [6.07, 6.45) is -0.953. The maximum atomic E-state index is 12.8. The second-order valence-electron chi connectivity index (χ2n) is 7.45. The molecule has 0 spiro atoms. The number of primary amides is 1. The number of hydrogen-bond acceptors (Lipinski definition) is 5. The Labute approximate surface area is 168 Å². The third kappa shape index (κ3) is 3.29. The first-order valence-electron chi connectivity index (χ1n) is 9.39. The number of rotatable bonds is 4. The molecule has 1 aromatic carbocycles. The van der Waals surface area contributed by atoms with Gasteiger partial charge in [-0.25, -0.2) is 14.6 Å². The van der Waals surface area contributed by atoms with Crippen LogP contribution in [0.15, 0.2) is 30.7 Å². The molecule has 5 rings (SSSR count). The number of hydrogen-bond donors (Lipinski definition) is 1. The van der Waals surface area contributed by atoms with Gasteiger partial charge < -0.3 is 15.0 Å². The van der Waals surface area contributed by atoms with Gasteiger partial charge in [0.25, 0.3) is 0 Å². The minimum atomic E-state index is -4.41. The van der Waals surface area contributed by atoms with Gasteiger partial charge >= 0.3 is 6.18 Å². The summed E-state index contributed by atoms with van der Waals surface area (Å²) in [4.78, 5) is 19.9. The highest BCUT2D eigenvalue weighted by Crippen LogP contribution is 2.49. The number of nitrogens with two attached hydrogens (primary N) is 1. The summed E-state index contributed by atoms with van der Waals surface area (Å²) in [6.45, 7) is -0.387. The average molecular weight is 418 g/mol. The lowest BCUT2D eigenvalue weighted by Gasteiger charge is -2.09. The first kappa shape index (κ1) is 18.6. The van der Waals surface area contributed by atoms with E-state index in [1.807, 2.05) is 22.8 Å². The third-order valence-corrected chi connectivity index (χ3v) is 5.37. The predicted molar refractivity (Wildman–Crippen MR) is 98.3 cm³/mol. The second kappa shape index (κ2) is 6.57. The zero-order valence-electron chi connectivity index (χ0n) is 15.6. The fourth-order valence-electron chi connectivity index (χ4n) is 3.86. The summed E-state index contributed by atoms with van der Waals surface area (Å²) < 4.78 is 46.9.